The maximum atomic E-state index is 4.45. The molecule has 22 heavy (non-hydrogen) atoms. The zero-order valence-corrected chi connectivity index (χ0v) is 16.4. The van der Waals surface area contributed by atoms with Gasteiger partial charge in [-0.3, -0.25) is 0 Å². The molecule has 2 aromatic carbocycles. The lowest BCUT2D eigenvalue weighted by atomic mass is 10.4. The minimum absolute atomic E-state index is 1.19. The zero-order chi connectivity index (χ0) is 16.2. The van der Waals surface area contributed by atoms with Gasteiger partial charge in [0.15, 0.2) is 0 Å². The number of benzene rings is 2. The fourth-order valence-electron chi connectivity index (χ4n) is 3.30. The van der Waals surface area contributed by atoms with Crippen molar-refractivity contribution in [1.82, 2.24) is 0 Å². The lowest BCUT2D eigenvalue weighted by Crippen LogP contribution is -2.44. The highest BCUT2D eigenvalue weighted by Crippen LogP contribution is 2.24. The van der Waals surface area contributed by atoms with Crippen molar-refractivity contribution in [1.29, 1.82) is 0 Å². The van der Waals surface area contributed by atoms with Gasteiger partial charge in [-0.1, -0.05) is 103 Å². The summed E-state index contributed by atoms with van der Waals surface area (Å²) in [4.78, 5) is 0. The van der Waals surface area contributed by atoms with Gasteiger partial charge < -0.3 is 0 Å². The summed E-state index contributed by atoms with van der Waals surface area (Å²) in [5, 5.41) is 3.07. The smallest absolute Gasteiger partial charge is 0.0845 e. The molecule has 0 aliphatic rings. The summed E-state index contributed by atoms with van der Waals surface area (Å²) in [6, 6.07) is 24.4. The molecule has 0 bridgehead atoms. The number of allylic oxidation sites excluding steroid dienone is 1. The topological polar surface area (TPSA) is 0 Å². The molecule has 0 radical (unpaired) electrons. The van der Waals surface area contributed by atoms with Crippen molar-refractivity contribution in [3.05, 3.63) is 72.8 Å². The maximum Gasteiger partial charge on any atom is 0.0845 e. The molecular weight excluding hydrogens is 296 g/mol. The Kier molecular flexibility index (Phi) is 5.25. The molecule has 0 heterocycles. The zero-order valence-electron chi connectivity index (χ0n) is 14.4. The first-order chi connectivity index (χ1) is 10.3. The third-order valence-corrected chi connectivity index (χ3v) is 11.1. The van der Waals surface area contributed by atoms with E-state index >= 15 is 0 Å². The van der Waals surface area contributed by atoms with E-state index in [4.69, 9.17) is 0 Å². The van der Waals surface area contributed by atoms with Crippen LogP contribution in [0.25, 0.3) is 0 Å². The van der Waals surface area contributed by atoms with Crippen LogP contribution >= 0.6 is 0 Å². The highest BCUT2D eigenvalue weighted by molar-refractivity contribution is 6.92. The minimum atomic E-state index is -1.42. The second-order valence-corrected chi connectivity index (χ2v) is 17.0. The monoisotopic (exact) mass is 324 g/mol. The van der Waals surface area contributed by atoms with E-state index in [-0.39, 0.29) is 0 Å². The number of hydrogen-bond acceptors (Lipinski definition) is 0. The SMILES string of the molecule is C=C(C[Si](C)(C)c1ccccc1)C[Si](C)(C)c1ccccc1. The van der Waals surface area contributed by atoms with Gasteiger partial charge in [-0.05, 0) is 12.1 Å². The molecule has 0 amide bonds. The molecule has 0 saturated carbocycles. The molecule has 0 saturated heterocycles. The standard InChI is InChI=1S/C20H28Si2/c1-18(16-21(2,3)19-12-8-6-9-13-19)17-22(4,5)20-14-10-7-11-15-20/h6-15H,1,16-17H2,2-5H3. The van der Waals surface area contributed by atoms with E-state index in [1.165, 1.54) is 28.0 Å². The van der Waals surface area contributed by atoms with Crippen LogP contribution in [0, 0.1) is 0 Å². The first-order valence-electron chi connectivity index (χ1n) is 8.09. The fourth-order valence-corrected chi connectivity index (χ4v) is 8.89. The van der Waals surface area contributed by atoms with Gasteiger partial charge in [-0.15, -0.1) is 6.58 Å². The third-order valence-electron chi connectivity index (χ3n) is 4.49. The van der Waals surface area contributed by atoms with Crippen molar-refractivity contribution >= 4 is 26.5 Å². The quantitative estimate of drug-likeness (QED) is 0.530. The highest BCUT2D eigenvalue weighted by atomic mass is 28.3. The Morgan fingerprint density at radius 3 is 1.32 bits per heavy atom. The van der Waals surface area contributed by atoms with Crippen LogP contribution in [0.1, 0.15) is 0 Å². The van der Waals surface area contributed by atoms with Crippen LogP contribution in [0.5, 0.6) is 0 Å². The molecule has 0 aromatic heterocycles. The summed E-state index contributed by atoms with van der Waals surface area (Å²) in [7, 11) is -2.84. The second kappa shape index (κ2) is 6.80. The van der Waals surface area contributed by atoms with Crippen molar-refractivity contribution in [2.24, 2.45) is 0 Å². The van der Waals surface area contributed by atoms with E-state index in [0.717, 1.165) is 0 Å². The Morgan fingerprint density at radius 1 is 0.682 bits per heavy atom. The van der Waals surface area contributed by atoms with Crippen LogP contribution in [0.15, 0.2) is 72.8 Å². The normalized spacial score (nSPS) is 12.2. The molecule has 0 N–H and O–H groups in total. The predicted octanol–water partition coefficient (Wildman–Crippen LogP) is 4.77. The van der Waals surface area contributed by atoms with Gasteiger partial charge in [-0.25, -0.2) is 0 Å². The van der Waals surface area contributed by atoms with Crippen LogP contribution < -0.4 is 10.4 Å². The summed E-state index contributed by atoms with van der Waals surface area (Å²) in [6.07, 6.45) is 0. The highest BCUT2D eigenvalue weighted by Gasteiger charge is 2.28. The summed E-state index contributed by atoms with van der Waals surface area (Å²) in [6.45, 7) is 14.3. The van der Waals surface area contributed by atoms with Gasteiger partial charge in [-0.2, -0.15) is 0 Å². The summed E-state index contributed by atoms with van der Waals surface area (Å²) >= 11 is 0. The molecule has 2 rings (SSSR count). The Morgan fingerprint density at radius 2 is 1.00 bits per heavy atom. The summed E-state index contributed by atoms with van der Waals surface area (Å²) in [5.74, 6) is 0. The molecule has 2 heteroatoms. The molecule has 0 aliphatic heterocycles. The van der Waals surface area contributed by atoms with Crippen LogP contribution in [-0.2, 0) is 0 Å². The maximum absolute atomic E-state index is 4.45. The number of rotatable bonds is 6. The van der Waals surface area contributed by atoms with E-state index in [9.17, 15) is 0 Å². The van der Waals surface area contributed by atoms with Crippen LogP contribution in [-0.4, -0.2) is 16.1 Å². The molecule has 0 spiro atoms. The van der Waals surface area contributed by atoms with Gasteiger partial charge in [0.25, 0.3) is 0 Å². The summed E-state index contributed by atoms with van der Waals surface area (Å²) < 4.78 is 0. The lowest BCUT2D eigenvalue weighted by Gasteiger charge is -2.29. The van der Waals surface area contributed by atoms with E-state index in [1.54, 1.807) is 0 Å². The average molecular weight is 325 g/mol. The van der Waals surface area contributed by atoms with Gasteiger partial charge in [0.2, 0.25) is 0 Å². The van der Waals surface area contributed by atoms with E-state index < -0.39 is 16.1 Å². The van der Waals surface area contributed by atoms with E-state index in [0.29, 0.717) is 0 Å². The van der Waals surface area contributed by atoms with Gasteiger partial charge >= 0.3 is 0 Å². The molecule has 116 valence electrons. The Labute approximate surface area is 137 Å². The molecule has 0 aliphatic carbocycles. The van der Waals surface area contributed by atoms with E-state index in [2.05, 4.69) is 93.4 Å². The van der Waals surface area contributed by atoms with Gasteiger partial charge in [0.05, 0.1) is 16.1 Å². The molecule has 0 atom stereocenters. The van der Waals surface area contributed by atoms with Crippen LogP contribution in [0.2, 0.25) is 38.3 Å². The Balaban J connectivity index is 2.07. The molecule has 0 nitrogen and oxygen atoms in total. The van der Waals surface area contributed by atoms with Crippen LogP contribution in [0.4, 0.5) is 0 Å². The first-order valence-corrected chi connectivity index (χ1v) is 14.5. The third kappa shape index (κ3) is 4.31. The van der Waals surface area contributed by atoms with Crippen molar-refractivity contribution in [2.45, 2.75) is 38.3 Å². The Hall–Kier alpha value is -1.39. The lowest BCUT2D eigenvalue weighted by molar-refractivity contribution is 1.29. The number of hydrogen-bond donors (Lipinski definition) is 0. The largest absolute Gasteiger partial charge is 0.100 e. The minimum Gasteiger partial charge on any atom is -0.100 e. The second-order valence-electron chi connectivity index (χ2n) is 7.60. The van der Waals surface area contributed by atoms with Crippen molar-refractivity contribution in [3.63, 3.8) is 0 Å². The van der Waals surface area contributed by atoms with Gasteiger partial charge in [0.1, 0.15) is 0 Å². The fraction of sp³-hybridized carbons (Fsp3) is 0.300. The van der Waals surface area contributed by atoms with Gasteiger partial charge in [0, 0.05) is 0 Å². The van der Waals surface area contributed by atoms with Crippen molar-refractivity contribution in [3.8, 4) is 0 Å². The van der Waals surface area contributed by atoms with Crippen molar-refractivity contribution in [2.75, 3.05) is 0 Å². The van der Waals surface area contributed by atoms with E-state index in [1.807, 2.05) is 0 Å². The molecule has 0 fully saturated rings. The first kappa shape index (κ1) is 17.0. The van der Waals surface area contributed by atoms with Crippen LogP contribution in [0.3, 0.4) is 0 Å². The molecule has 0 unspecified atom stereocenters. The average Bonchev–Trinajstić information content (AvgIpc) is 2.48. The summed E-state index contributed by atoms with van der Waals surface area (Å²) in [5.41, 5.74) is 1.45. The molecular formula is C20H28Si2. The predicted molar refractivity (Wildman–Crippen MR) is 106 cm³/mol. The molecule has 2 aromatic rings. The Bertz CT molecular complexity index is 557. The van der Waals surface area contributed by atoms with Crippen molar-refractivity contribution < 1.29 is 0 Å².